The third-order valence-electron chi connectivity index (χ3n) is 2.88. The SMILES string of the molecule is CC(NC(=O)N(CC(=O)O)C(C)C)c1cccc(F)c1. The van der Waals surface area contributed by atoms with Gasteiger partial charge in [0.1, 0.15) is 12.4 Å². The summed E-state index contributed by atoms with van der Waals surface area (Å²) in [6.45, 7) is 4.80. The van der Waals surface area contributed by atoms with Gasteiger partial charge in [-0.15, -0.1) is 0 Å². The molecule has 0 saturated heterocycles. The molecule has 0 fully saturated rings. The standard InChI is InChI=1S/C14H19FN2O3/c1-9(2)17(8-13(18)19)14(20)16-10(3)11-5-4-6-12(15)7-11/h4-7,9-10H,8H2,1-3H3,(H,16,20)(H,18,19). The van der Waals surface area contributed by atoms with Crippen LogP contribution < -0.4 is 5.32 Å². The quantitative estimate of drug-likeness (QED) is 0.871. The van der Waals surface area contributed by atoms with E-state index in [1.807, 2.05) is 0 Å². The van der Waals surface area contributed by atoms with Crippen molar-refractivity contribution in [3.63, 3.8) is 0 Å². The van der Waals surface area contributed by atoms with Gasteiger partial charge in [0.2, 0.25) is 0 Å². The van der Waals surface area contributed by atoms with Crippen LogP contribution in [0.5, 0.6) is 0 Å². The van der Waals surface area contributed by atoms with E-state index < -0.39 is 18.0 Å². The van der Waals surface area contributed by atoms with Crippen LogP contribution in [-0.4, -0.2) is 34.6 Å². The number of carboxylic acid groups (broad SMARTS) is 1. The third kappa shape index (κ3) is 4.53. The molecule has 0 aliphatic rings. The highest BCUT2D eigenvalue weighted by Crippen LogP contribution is 2.14. The number of urea groups is 1. The number of benzene rings is 1. The molecule has 1 unspecified atom stereocenters. The first-order chi connectivity index (χ1) is 9.31. The van der Waals surface area contributed by atoms with Gasteiger partial charge in [-0.05, 0) is 38.5 Å². The van der Waals surface area contributed by atoms with E-state index in [-0.39, 0.29) is 18.4 Å². The predicted molar refractivity (Wildman–Crippen MR) is 72.8 cm³/mol. The summed E-state index contributed by atoms with van der Waals surface area (Å²) in [6, 6.07) is 4.78. The van der Waals surface area contributed by atoms with Gasteiger partial charge in [0.15, 0.2) is 0 Å². The van der Waals surface area contributed by atoms with Gasteiger partial charge in [0.05, 0.1) is 6.04 Å². The zero-order valence-electron chi connectivity index (χ0n) is 11.8. The first-order valence-corrected chi connectivity index (χ1v) is 6.35. The maximum absolute atomic E-state index is 13.1. The van der Waals surface area contributed by atoms with E-state index in [1.165, 1.54) is 17.0 Å². The normalized spacial score (nSPS) is 12.1. The van der Waals surface area contributed by atoms with E-state index in [9.17, 15) is 14.0 Å². The van der Waals surface area contributed by atoms with Crippen LogP contribution in [0.25, 0.3) is 0 Å². The smallest absolute Gasteiger partial charge is 0.323 e. The van der Waals surface area contributed by atoms with E-state index in [0.29, 0.717) is 5.56 Å². The Morgan fingerprint density at radius 3 is 2.50 bits per heavy atom. The summed E-state index contributed by atoms with van der Waals surface area (Å²) in [4.78, 5) is 24.0. The monoisotopic (exact) mass is 282 g/mol. The van der Waals surface area contributed by atoms with Gasteiger partial charge in [-0.3, -0.25) is 4.79 Å². The first-order valence-electron chi connectivity index (χ1n) is 6.35. The van der Waals surface area contributed by atoms with Crippen molar-refractivity contribution < 1.29 is 19.1 Å². The zero-order valence-corrected chi connectivity index (χ0v) is 11.8. The van der Waals surface area contributed by atoms with E-state index in [1.54, 1.807) is 32.9 Å². The second-order valence-corrected chi connectivity index (χ2v) is 4.84. The topological polar surface area (TPSA) is 69.6 Å². The summed E-state index contributed by atoms with van der Waals surface area (Å²) in [6.07, 6.45) is 0. The average molecular weight is 282 g/mol. The number of aliphatic carboxylic acids is 1. The second-order valence-electron chi connectivity index (χ2n) is 4.84. The fourth-order valence-corrected chi connectivity index (χ4v) is 1.76. The largest absolute Gasteiger partial charge is 0.480 e. The number of halogens is 1. The number of hydrogen-bond acceptors (Lipinski definition) is 2. The highest BCUT2D eigenvalue weighted by molar-refractivity contribution is 5.80. The van der Waals surface area contributed by atoms with Gasteiger partial charge in [0.25, 0.3) is 0 Å². The van der Waals surface area contributed by atoms with Crippen molar-refractivity contribution in [1.29, 1.82) is 0 Å². The van der Waals surface area contributed by atoms with Crippen LogP contribution in [0.1, 0.15) is 32.4 Å². The fraction of sp³-hybridized carbons (Fsp3) is 0.429. The minimum atomic E-state index is -1.08. The van der Waals surface area contributed by atoms with E-state index in [4.69, 9.17) is 5.11 Å². The molecule has 0 aliphatic heterocycles. The van der Waals surface area contributed by atoms with Crippen molar-refractivity contribution >= 4 is 12.0 Å². The minimum Gasteiger partial charge on any atom is -0.480 e. The molecule has 20 heavy (non-hydrogen) atoms. The lowest BCUT2D eigenvalue weighted by Crippen LogP contribution is -2.47. The number of carboxylic acids is 1. The molecule has 1 rings (SSSR count). The molecule has 6 heteroatoms. The Balaban J connectivity index is 2.75. The molecule has 5 nitrogen and oxygen atoms in total. The highest BCUT2D eigenvalue weighted by atomic mass is 19.1. The molecule has 1 aromatic rings. The zero-order chi connectivity index (χ0) is 15.3. The summed E-state index contributed by atoms with van der Waals surface area (Å²) in [7, 11) is 0. The minimum absolute atomic E-state index is 0.245. The lowest BCUT2D eigenvalue weighted by Gasteiger charge is -2.27. The molecular formula is C14H19FN2O3. The molecular weight excluding hydrogens is 263 g/mol. The molecule has 1 atom stereocenters. The van der Waals surface area contributed by atoms with Gasteiger partial charge in [-0.1, -0.05) is 12.1 Å². The maximum Gasteiger partial charge on any atom is 0.323 e. The second kappa shape index (κ2) is 6.88. The van der Waals surface area contributed by atoms with Crippen LogP contribution in [0.15, 0.2) is 24.3 Å². The van der Waals surface area contributed by atoms with Crippen molar-refractivity contribution in [3.05, 3.63) is 35.6 Å². The van der Waals surface area contributed by atoms with E-state index in [0.717, 1.165) is 0 Å². The summed E-state index contributed by atoms with van der Waals surface area (Å²) in [5.74, 6) is -1.46. The van der Waals surface area contributed by atoms with E-state index in [2.05, 4.69) is 5.32 Å². The van der Waals surface area contributed by atoms with Gasteiger partial charge in [-0.25, -0.2) is 9.18 Å². The van der Waals surface area contributed by atoms with Gasteiger partial charge in [-0.2, -0.15) is 0 Å². The van der Waals surface area contributed by atoms with Gasteiger partial charge < -0.3 is 15.3 Å². The van der Waals surface area contributed by atoms with Crippen molar-refractivity contribution in [1.82, 2.24) is 10.2 Å². The molecule has 1 aromatic carbocycles. The molecule has 0 saturated carbocycles. The highest BCUT2D eigenvalue weighted by Gasteiger charge is 2.21. The molecule has 2 amide bonds. The number of nitrogens with one attached hydrogen (secondary N) is 1. The average Bonchev–Trinajstić information content (AvgIpc) is 2.35. The van der Waals surface area contributed by atoms with Crippen molar-refractivity contribution in [3.8, 4) is 0 Å². The Morgan fingerprint density at radius 2 is 2.00 bits per heavy atom. The Morgan fingerprint density at radius 1 is 1.35 bits per heavy atom. The van der Waals surface area contributed by atoms with Gasteiger partial charge >= 0.3 is 12.0 Å². The fourth-order valence-electron chi connectivity index (χ4n) is 1.76. The summed E-state index contributed by atoms with van der Waals surface area (Å²) < 4.78 is 13.1. The van der Waals surface area contributed by atoms with Crippen molar-refractivity contribution in [2.45, 2.75) is 32.9 Å². The van der Waals surface area contributed by atoms with Crippen LogP contribution in [0.2, 0.25) is 0 Å². The molecule has 0 radical (unpaired) electrons. The van der Waals surface area contributed by atoms with Crippen LogP contribution in [-0.2, 0) is 4.79 Å². The number of carbonyl (C=O) groups is 2. The number of carbonyl (C=O) groups excluding carboxylic acids is 1. The molecule has 110 valence electrons. The third-order valence-corrected chi connectivity index (χ3v) is 2.88. The van der Waals surface area contributed by atoms with Crippen LogP contribution in [0, 0.1) is 5.82 Å². The van der Waals surface area contributed by atoms with Crippen molar-refractivity contribution in [2.24, 2.45) is 0 Å². The molecule has 0 aliphatic carbocycles. The van der Waals surface area contributed by atoms with Crippen molar-refractivity contribution in [2.75, 3.05) is 6.54 Å². The molecule has 0 spiro atoms. The van der Waals surface area contributed by atoms with Gasteiger partial charge in [0, 0.05) is 6.04 Å². The van der Waals surface area contributed by atoms with E-state index >= 15 is 0 Å². The Hall–Kier alpha value is -2.11. The maximum atomic E-state index is 13.1. The molecule has 0 aromatic heterocycles. The Labute approximate surface area is 117 Å². The number of hydrogen-bond donors (Lipinski definition) is 2. The lowest BCUT2D eigenvalue weighted by atomic mass is 10.1. The Bertz CT molecular complexity index is 491. The first kappa shape index (κ1) is 15.9. The summed E-state index contributed by atoms with van der Waals surface area (Å²) in [5.41, 5.74) is 0.623. The summed E-state index contributed by atoms with van der Waals surface area (Å²) >= 11 is 0. The van der Waals surface area contributed by atoms with Crippen LogP contribution in [0.4, 0.5) is 9.18 Å². The number of nitrogens with zero attached hydrogens (tertiary/aromatic N) is 1. The molecule has 0 heterocycles. The number of rotatable bonds is 5. The molecule has 0 bridgehead atoms. The Kier molecular flexibility index (Phi) is 5.49. The summed E-state index contributed by atoms with van der Waals surface area (Å²) in [5, 5.41) is 11.5. The predicted octanol–water partition coefficient (Wildman–Crippen LogP) is 2.39. The lowest BCUT2D eigenvalue weighted by molar-refractivity contribution is -0.138. The van der Waals surface area contributed by atoms with Crippen LogP contribution in [0.3, 0.4) is 0 Å². The number of amides is 2. The molecule has 2 N–H and O–H groups in total. The van der Waals surface area contributed by atoms with Crippen LogP contribution >= 0.6 is 0 Å².